The molecule has 0 amide bonds. The smallest absolute Gasteiger partial charge is 0.166 e. The summed E-state index contributed by atoms with van der Waals surface area (Å²) in [5, 5.41) is 13.0. The van der Waals surface area contributed by atoms with Crippen molar-refractivity contribution in [2.75, 3.05) is 13.1 Å². The van der Waals surface area contributed by atoms with Crippen LogP contribution in [0, 0.1) is 5.41 Å². The van der Waals surface area contributed by atoms with Crippen LogP contribution in [-0.4, -0.2) is 38.8 Å². The predicted octanol–water partition coefficient (Wildman–Crippen LogP) is 2.37. The van der Waals surface area contributed by atoms with Gasteiger partial charge in [0.05, 0.1) is 5.69 Å². The summed E-state index contributed by atoms with van der Waals surface area (Å²) in [6.45, 7) is 1.75. The Bertz CT molecular complexity index is 704. The number of hydrogen-bond donors (Lipinski definition) is 1. The number of nitrogens with one attached hydrogen (secondary N) is 1. The highest BCUT2D eigenvalue weighted by molar-refractivity contribution is 8.14. The van der Waals surface area contributed by atoms with Crippen LogP contribution in [0.15, 0.2) is 46.5 Å². The fourth-order valence-corrected chi connectivity index (χ4v) is 3.48. The maximum Gasteiger partial charge on any atom is 0.166 e. The summed E-state index contributed by atoms with van der Waals surface area (Å²) in [6, 6.07) is 8.12. The molecule has 1 aromatic heterocycles. The van der Waals surface area contributed by atoms with Gasteiger partial charge in [0, 0.05) is 35.9 Å². The minimum Gasteiger partial charge on any atom is -0.305 e. The van der Waals surface area contributed by atoms with Crippen molar-refractivity contribution in [1.29, 1.82) is 5.41 Å². The van der Waals surface area contributed by atoms with Crippen molar-refractivity contribution in [3.05, 3.63) is 42.2 Å². The fraction of sp³-hybridized carbons (Fsp3) is 0.214. The number of aromatic nitrogens is 2. The van der Waals surface area contributed by atoms with Gasteiger partial charge in [0.1, 0.15) is 5.84 Å². The third-order valence-electron chi connectivity index (χ3n) is 3.48. The highest BCUT2D eigenvalue weighted by Crippen LogP contribution is 2.34. The predicted molar refractivity (Wildman–Crippen MR) is 79.9 cm³/mol. The number of thioether (sulfide) groups is 1. The number of benzene rings is 1. The lowest BCUT2D eigenvalue weighted by Gasteiger charge is -2.34. The second-order valence-corrected chi connectivity index (χ2v) is 5.78. The Kier molecular flexibility index (Phi) is 2.63. The van der Waals surface area contributed by atoms with Crippen LogP contribution in [0.5, 0.6) is 0 Å². The van der Waals surface area contributed by atoms with Crippen molar-refractivity contribution in [1.82, 2.24) is 14.7 Å². The van der Waals surface area contributed by atoms with E-state index in [1.807, 2.05) is 21.8 Å². The van der Waals surface area contributed by atoms with E-state index in [0.717, 1.165) is 41.5 Å². The van der Waals surface area contributed by atoms with Crippen molar-refractivity contribution in [3.63, 3.8) is 0 Å². The van der Waals surface area contributed by atoms with Crippen LogP contribution in [-0.2, 0) is 0 Å². The van der Waals surface area contributed by atoms with Gasteiger partial charge in [-0.15, -0.1) is 0 Å². The molecule has 5 nitrogen and oxygen atoms in total. The molecule has 0 spiro atoms. The second kappa shape index (κ2) is 4.49. The zero-order chi connectivity index (χ0) is 13.5. The van der Waals surface area contributed by atoms with Gasteiger partial charge in [0.15, 0.2) is 5.17 Å². The SMILES string of the molecule is N=C1Sc2cc(-n3cccn3)ccc2C2=NCCCN12. The quantitative estimate of drug-likeness (QED) is 0.874. The van der Waals surface area contributed by atoms with Crippen molar-refractivity contribution < 1.29 is 0 Å². The molecule has 2 aromatic rings. The minimum absolute atomic E-state index is 0.563. The zero-order valence-electron chi connectivity index (χ0n) is 10.8. The number of nitrogens with zero attached hydrogens (tertiary/aromatic N) is 4. The summed E-state index contributed by atoms with van der Waals surface area (Å²) in [7, 11) is 0. The van der Waals surface area contributed by atoms with Crippen LogP contribution >= 0.6 is 11.8 Å². The summed E-state index contributed by atoms with van der Waals surface area (Å²) in [6.07, 6.45) is 4.71. The molecular formula is C14H13N5S. The first kappa shape index (κ1) is 11.7. The first-order chi connectivity index (χ1) is 9.83. The number of aliphatic imine (C=N–C) groups is 1. The summed E-state index contributed by atoms with van der Waals surface area (Å²) in [5.74, 6) is 0.946. The van der Waals surface area contributed by atoms with Crippen LogP contribution in [0.4, 0.5) is 0 Å². The molecule has 100 valence electrons. The Balaban J connectivity index is 1.83. The van der Waals surface area contributed by atoms with Gasteiger partial charge in [-0.25, -0.2) is 4.68 Å². The molecular weight excluding hydrogens is 270 g/mol. The van der Waals surface area contributed by atoms with Crippen molar-refractivity contribution in [2.24, 2.45) is 4.99 Å². The average molecular weight is 283 g/mol. The molecule has 0 saturated carbocycles. The number of amidine groups is 2. The summed E-state index contributed by atoms with van der Waals surface area (Å²) < 4.78 is 1.83. The normalized spacial score (nSPS) is 17.5. The van der Waals surface area contributed by atoms with Crippen molar-refractivity contribution in [2.45, 2.75) is 11.3 Å². The third-order valence-corrected chi connectivity index (χ3v) is 4.46. The van der Waals surface area contributed by atoms with Crippen LogP contribution in [0.2, 0.25) is 0 Å². The summed E-state index contributed by atoms with van der Waals surface area (Å²) in [5.41, 5.74) is 2.14. The molecule has 6 heteroatoms. The molecule has 3 heterocycles. The Morgan fingerprint density at radius 3 is 3.10 bits per heavy atom. The number of rotatable bonds is 1. The van der Waals surface area contributed by atoms with E-state index in [4.69, 9.17) is 5.41 Å². The van der Waals surface area contributed by atoms with Crippen molar-refractivity contribution in [3.8, 4) is 5.69 Å². The molecule has 20 heavy (non-hydrogen) atoms. The van der Waals surface area contributed by atoms with Gasteiger partial charge in [-0.2, -0.15) is 5.10 Å². The van der Waals surface area contributed by atoms with Crippen LogP contribution in [0.1, 0.15) is 12.0 Å². The lowest BCUT2D eigenvalue weighted by molar-refractivity contribution is 0.551. The van der Waals surface area contributed by atoms with E-state index in [1.165, 1.54) is 11.8 Å². The monoisotopic (exact) mass is 283 g/mol. The number of fused-ring (bicyclic) bond motifs is 3. The van der Waals surface area contributed by atoms with E-state index in [0.29, 0.717) is 5.17 Å². The van der Waals surface area contributed by atoms with Crippen molar-refractivity contribution >= 4 is 22.8 Å². The Hall–Kier alpha value is -2.08. The fourth-order valence-electron chi connectivity index (χ4n) is 2.54. The lowest BCUT2D eigenvalue weighted by Crippen LogP contribution is -2.42. The molecule has 0 fully saturated rings. The molecule has 2 aliphatic rings. The molecule has 0 bridgehead atoms. The molecule has 0 saturated heterocycles. The van der Waals surface area contributed by atoms with Gasteiger partial charge in [0.25, 0.3) is 0 Å². The largest absolute Gasteiger partial charge is 0.305 e. The van der Waals surface area contributed by atoms with Gasteiger partial charge in [-0.1, -0.05) is 11.8 Å². The molecule has 2 aliphatic heterocycles. The molecule has 0 atom stereocenters. The van der Waals surface area contributed by atoms with Gasteiger partial charge in [-0.05, 0) is 30.7 Å². The molecule has 0 aliphatic carbocycles. The van der Waals surface area contributed by atoms with Crippen LogP contribution in [0.25, 0.3) is 5.69 Å². The molecule has 4 rings (SSSR count). The van der Waals surface area contributed by atoms with E-state index in [9.17, 15) is 0 Å². The van der Waals surface area contributed by atoms with Gasteiger partial charge in [0.2, 0.25) is 0 Å². The van der Waals surface area contributed by atoms with Crippen LogP contribution in [0.3, 0.4) is 0 Å². The van der Waals surface area contributed by atoms with Gasteiger partial charge < -0.3 is 4.90 Å². The Labute approximate surface area is 120 Å². The van der Waals surface area contributed by atoms with E-state index < -0.39 is 0 Å². The highest BCUT2D eigenvalue weighted by Gasteiger charge is 2.29. The molecule has 1 N–H and O–H groups in total. The highest BCUT2D eigenvalue weighted by atomic mass is 32.2. The lowest BCUT2D eigenvalue weighted by atomic mass is 10.1. The van der Waals surface area contributed by atoms with Crippen LogP contribution < -0.4 is 0 Å². The number of hydrogen-bond acceptors (Lipinski definition) is 4. The zero-order valence-corrected chi connectivity index (χ0v) is 11.6. The molecule has 0 unspecified atom stereocenters. The summed E-state index contributed by atoms with van der Waals surface area (Å²) >= 11 is 1.50. The third kappa shape index (κ3) is 1.76. The average Bonchev–Trinajstić information content (AvgIpc) is 3.01. The molecule has 0 radical (unpaired) electrons. The van der Waals surface area contributed by atoms with Gasteiger partial charge in [-0.3, -0.25) is 10.4 Å². The maximum atomic E-state index is 8.18. The first-order valence-corrected chi connectivity index (χ1v) is 7.37. The Morgan fingerprint density at radius 2 is 2.25 bits per heavy atom. The Morgan fingerprint density at radius 1 is 1.30 bits per heavy atom. The molecule has 1 aromatic carbocycles. The van der Waals surface area contributed by atoms with E-state index in [2.05, 4.69) is 28.3 Å². The topological polar surface area (TPSA) is 57.3 Å². The maximum absolute atomic E-state index is 8.18. The van der Waals surface area contributed by atoms with E-state index >= 15 is 0 Å². The first-order valence-electron chi connectivity index (χ1n) is 6.56. The van der Waals surface area contributed by atoms with E-state index in [1.54, 1.807) is 6.20 Å². The van der Waals surface area contributed by atoms with Gasteiger partial charge >= 0.3 is 0 Å². The standard InChI is InChI=1S/C14H13N5S/c15-14-18-7-1-5-16-13(18)11-4-3-10(9-12(11)20-14)19-8-2-6-17-19/h2-4,6,8-9,15H,1,5,7H2. The van der Waals surface area contributed by atoms with E-state index in [-0.39, 0.29) is 0 Å². The minimum atomic E-state index is 0.563. The summed E-state index contributed by atoms with van der Waals surface area (Å²) in [4.78, 5) is 7.69. The second-order valence-electron chi connectivity index (χ2n) is 4.75.